The molecule has 0 spiro atoms. The van der Waals surface area contributed by atoms with E-state index in [0.29, 0.717) is 0 Å². The summed E-state index contributed by atoms with van der Waals surface area (Å²) >= 11 is 5.54. The van der Waals surface area contributed by atoms with Crippen LogP contribution in [-0.2, 0) is 21.1 Å². The van der Waals surface area contributed by atoms with Gasteiger partial charge in [-0.25, -0.2) is 4.39 Å². The van der Waals surface area contributed by atoms with Crippen molar-refractivity contribution in [1.82, 2.24) is 0 Å². The van der Waals surface area contributed by atoms with Crippen LogP contribution in [0.3, 0.4) is 0 Å². The molecule has 1 aromatic rings. The molecular formula is C9H10ClFW. The predicted octanol–water partition coefficient (Wildman–Crippen LogP) is 3.34. The Morgan fingerprint density at radius 1 is 1.42 bits per heavy atom. The summed E-state index contributed by atoms with van der Waals surface area (Å²) in [6.45, 7) is 3.55. The maximum absolute atomic E-state index is 12.7. The van der Waals surface area contributed by atoms with Gasteiger partial charge in [0.25, 0.3) is 0 Å². The van der Waals surface area contributed by atoms with E-state index in [1.165, 1.54) is 0 Å². The van der Waals surface area contributed by atoms with Crippen molar-refractivity contribution in [3.63, 3.8) is 0 Å². The molecule has 0 heterocycles. The summed E-state index contributed by atoms with van der Waals surface area (Å²) in [6.07, 6.45) is 0. The molecule has 0 N–H and O–H groups in total. The molecule has 0 aliphatic heterocycles. The van der Waals surface area contributed by atoms with Gasteiger partial charge in [0.2, 0.25) is 0 Å². The predicted molar refractivity (Wildman–Crippen MR) is 46.1 cm³/mol. The number of halogens is 2. The van der Waals surface area contributed by atoms with E-state index in [0.717, 1.165) is 11.1 Å². The molecule has 0 aliphatic carbocycles. The van der Waals surface area contributed by atoms with E-state index < -0.39 is 5.82 Å². The molecule has 0 unspecified atom stereocenters. The Balaban J connectivity index is 0. The van der Waals surface area contributed by atoms with E-state index >= 15 is 0 Å². The molecule has 0 nitrogen and oxygen atoms in total. The van der Waals surface area contributed by atoms with Crippen LogP contribution in [0.1, 0.15) is 11.1 Å². The third-order valence-corrected chi connectivity index (χ3v) is 1.74. The maximum atomic E-state index is 12.7. The molecule has 0 amide bonds. The minimum absolute atomic E-state index is 0. The third kappa shape index (κ3) is 3.24. The Labute approximate surface area is 92.4 Å². The summed E-state index contributed by atoms with van der Waals surface area (Å²) in [5.74, 6) is -0.459. The van der Waals surface area contributed by atoms with Crippen LogP contribution in [0.25, 0.3) is 0 Å². The summed E-state index contributed by atoms with van der Waals surface area (Å²) in [5, 5.41) is 0.172. The summed E-state index contributed by atoms with van der Waals surface area (Å²) in [7, 11) is 0. The van der Waals surface area contributed by atoms with Gasteiger partial charge in [-0.2, -0.15) is 23.2 Å². The second-order valence-electron chi connectivity index (χ2n) is 2.26. The quantitative estimate of drug-likeness (QED) is 0.626. The van der Waals surface area contributed by atoms with Crippen molar-refractivity contribution in [1.29, 1.82) is 0 Å². The fraction of sp³-hybridized carbons (Fsp3) is 0.222. The van der Waals surface area contributed by atoms with Gasteiger partial charge in [-0.05, 0) is 5.02 Å². The van der Waals surface area contributed by atoms with E-state index in [9.17, 15) is 4.39 Å². The van der Waals surface area contributed by atoms with E-state index in [-0.39, 0.29) is 33.5 Å². The Bertz CT molecular complexity index is 238. The molecular weight excluding hydrogens is 346 g/mol. The average Bonchev–Trinajstić information content (AvgIpc) is 1.82. The molecule has 0 saturated carbocycles. The van der Waals surface area contributed by atoms with Crippen molar-refractivity contribution < 1.29 is 25.5 Å². The molecule has 0 saturated heterocycles. The van der Waals surface area contributed by atoms with Gasteiger partial charge in [-0.15, -0.1) is 11.6 Å². The molecule has 0 aromatic heterocycles. The van der Waals surface area contributed by atoms with E-state index in [1.807, 2.05) is 0 Å². The largest absolute Gasteiger partial charge is 2.00 e. The fourth-order valence-corrected chi connectivity index (χ4v) is 0.927. The van der Waals surface area contributed by atoms with Crippen LogP contribution >= 0.6 is 11.6 Å². The van der Waals surface area contributed by atoms with Gasteiger partial charge in [-0.1, -0.05) is 13.8 Å². The van der Waals surface area contributed by atoms with Gasteiger partial charge in [-0.3, -0.25) is 0 Å². The van der Waals surface area contributed by atoms with E-state index in [2.05, 4.69) is 6.07 Å². The molecule has 1 rings (SSSR count). The first-order valence-electron chi connectivity index (χ1n) is 2.96. The normalized spacial score (nSPS) is 8.33. The van der Waals surface area contributed by atoms with Crippen molar-refractivity contribution in [2.45, 2.75) is 13.8 Å². The van der Waals surface area contributed by atoms with Crippen LogP contribution in [0.2, 0.25) is 5.02 Å². The monoisotopic (exact) mass is 356 g/mol. The summed E-state index contributed by atoms with van der Waals surface area (Å²) in [4.78, 5) is 0. The third-order valence-electron chi connectivity index (χ3n) is 1.28. The molecule has 1 aromatic carbocycles. The molecule has 0 fully saturated rings. The zero-order chi connectivity index (χ0) is 7.72. The number of hydrogen-bond acceptors (Lipinski definition) is 0. The minimum Gasteiger partial charge on any atom is -0.358 e. The van der Waals surface area contributed by atoms with Crippen LogP contribution in [0.15, 0.2) is 6.07 Å². The van der Waals surface area contributed by atoms with Crippen LogP contribution < -0.4 is 0 Å². The zero-order valence-corrected chi connectivity index (χ0v) is 10.9. The second kappa shape index (κ2) is 5.72. The molecule has 0 atom stereocenters. The molecule has 3 heteroatoms. The standard InChI is InChI=1S/C8H7ClF.CH3.W/c1-5-3-6(2)8(9)7(10)4-5;;/h3H,1-2H3;1H3;/q2*-1;+2. The molecule has 66 valence electrons. The molecule has 0 aliphatic rings. The Morgan fingerprint density at radius 2 is 1.92 bits per heavy atom. The molecule has 0 radical (unpaired) electrons. The van der Waals surface area contributed by atoms with Crippen LogP contribution in [0.4, 0.5) is 4.39 Å². The van der Waals surface area contributed by atoms with E-state index in [1.54, 1.807) is 19.9 Å². The van der Waals surface area contributed by atoms with Gasteiger partial charge in [0, 0.05) is 5.82 Å². The Hall–Kier alpha value is 0.128. The van der Waals surface area contributed by atoms with Gasteiger partial charge >= 0.3 is 21.1 Å². The van der Waals surface area contributed by atoms with Crippen molar-refractivity contribution in [2.75, 3.05) is 0 Å². The number of hydrogen-bond donors (Lipinski definition) is 0. The summed E-state index contributed by atoms with van der Waals surface area (Å²) in [6, 6.07) is 4.28. The smallest absolute Gasteiger partial charge is 0.358 e. The van der Waals surface area contributed by atoms with Crippen molar-refractivity contribution >= 4 is 11.6 Å². The molecule has 12 heavy (non-hydrogen) atoms. The number of aryl methyl sites for hydroxylation is 2. The number of benzene rings is 1. The minimum atomic E-state index is -0.459. The first-order valence-corrected chi connectivity index (χ1v) is 3.33. The van der Waals surface area contributed by atoms with Crippen molar-refractivity contribution in [3.8, 4) is 0 Å². The Morgan fingerprint density at radius 3 is 2.33 bits per heavy atom. The second-order valence-corrected chi connectivity index (χ2v) is 2.64. The SMILES string of the molecule is Cc1[c-]c(F)c(Cl)c(C)c1.[CH3-].[W+2]. The summed E-state index contributed by atoms with van der Waals surface area (Å²) < 4.78 is 12.7. The zero-order valence-electron chi connectivity index (χ0n) is 7.24. The van der Waals surface area contributed by atoms with Gasteiger partial charge < -0.3 is 7.43 Å². The van der Waals surface area contributed by atoms with Crippen molar-refractivity contribution in [3.05, 3.63) is 41.5 Å². The maximum Gasteiger partial charge on any atom is 2.00 e. The topological polar surface area (TPSA) is 0 Å². The Kier molecular flexibility index (Phi) is 6.98. The first-order chi connectivity index (χ1) is 4.61. The average molecular weight is 356 g/mol. The number of rotatable bonds is 0. The first kappa shape index (κ1) is 14.6. The molecule has 0 bridgehead atoms. The fourth-order valence-electron chi connectivity index (χ4n) is 0.825. The van der Waals surface area contributed by atoms with Crippen LogP contribution in [0, 0.1) is 33.2 Å². The van der Waals surface area contributed by atoms with Gasteiger partial charge in [0.15, 0.2) is 0 Å². The summed E-state index contributed by atoms with van der Waals surface area (Å²) in [5.41, 5.74) is 1.54. The van der Waals surface area contributed by atoms with Gasteiger partial charge in [0.1, 0.15) is 0 Å². The van der Waals surface area contributed by atoms with E-state index in [4.69, 9.17) is 11.6 Å². The van der Waals surface area contributed by atoms with Crippen LogP contribution in [0.5, 0.6) is 0 Å². The van der Waals surface area contributed by atoms with Crippen molar-refractivity contribution in [2.24, 2.45) is 0 Å². The van der Waals surface area contributed by atoms with Gasteiger partial charge in [0.05, 0.1) is 0 Å². The van der Waals surface area contributed by atoms with Crippen LogP contribution in [-0.4, -0.2) is 0 Å².